The lowest BCUT2D eigenvalue weighted by molar-refractivity contribution is -0.384. The molecule has 1 unspecified atom stereocenters. The van der Waals surface area contributed by atoms with Crippen molar-refractivity contribution in [2.75, 3.05) is 5.32 Å². The predicted molar refractivity (Wildman–Crippen MR) is 78.8 cm³/mol. The Kier molecular flexibility index (Phi) is 4.46. The van der Waals surface area contributed by atoms with Crippen molar-refractivity contribution < 1.29 is 4.92 Å². The van der Waals surface area contributed by atoms with Gasteiger partial charge in [-0.3, -0.25) is 10.1 Å². The second-order valence-electron chi connectivity index (χ2n) is 4.66. The molecule has 6 heteroatoms. The fourth-order valence-electron chi connectivity index (χ4n) is 2.09. The summed E-state index contributed by atoms with van der Waals surface area (Å²) in [5.74, 6) is 0.127. The molecular formula is C15H14N4O2. The number of benzene rings is 1. The average Bonchev–Trinajstić information content (AvgIpc) is 2.47. The van der Waals surface area contributed by atoms with E-state index in [9.17, 15) is 10.1 Å². The Balaban J connectivity index is 2.20. The van der Waals surface area contributed by atoms with E-state index in [1.165, 1.54) is 12.3 Å². The fourth-order valence-corrected chi connectivity index (χ4v) is 2.09. The first-order valence-electron chi connectivity index (χ1n) is 6.45. The largest absolute Gasteiger partial charge is 0.362 e. The van der Waals surface area contributed by atoms with E-state index < -0.39 is 4.92 Å². The second kappa shape index (κ2) is 6.48. The predicted octanol–water partition coefficient (Wildman–Crippen LogP) is 2.90. The lowest BCUT2D eigenvalue weighted by Gasteiger charge is -2.14. The Morgan fingerprint density at radius 1 is 1.38 bits per heavy atom. The summed E-state index contributed by atoms with van der Waals surface area (Å²) in [5.41, 5.74) is 0.848. The van der Waals surface area contributed by atoms with Gasteiger partial charge in [-0.25, -0.2) is 4.98 Å². The molecule has 1 heterocycles. The van der Waals surface area contributed by atoms with Gasteiger partial charge in [-0.2, -0.15) is 5.26 Å². The van der Waals surface area contributed by atoms with Crippen molar-refractivity contribution in [2.24, 2.45) is 0 Å². The van der Waals surface area contributed by atoms with E-state index in [1.807, 2.05) is 43.3 Å². The molecule has 1 aromatic heterocycles. The number of rotatable bonds is 5. The van der Waals surface area contributed by atoms with E-state index in [1.54, 1.807) is 0 Å². The minimum atomic E-state index is -0.580. The molecule has 0 aliphatic rings. The summed E-state index contributed by atoms with van der Waals surface area (Å²) in [7, 11) is 0. The topological polar surface area (TPSA) is 91.8 Å². The molecule has 0 aliphatic heterocycles. The van der Waals surface area contributed by atoms with Crippen molar-refractivity contribution in [1.29, 1.82) is 5.26 Å². The Bertz CT molecular complexity index is 680. The standard InChI is InChI=1S/C15H14N4O2/c1-11(9-12-5-3-2-4-6-12)18-15-14(19(20)21)13(10-16)7-8-17-15/h2-8,11H,9H2,1H3,(H,17,18). The van der Waals surface area contributed by atoms with E-state index >= 15 is 0 Å². The van der Waals surface area contributed by atoms with Crippen molar-refractivity contribution in [1.82, 2.24) is 4.98 Å². The number of nitrogens with one attached hydrogen (secondary N) is 1. The Labute approximate surface area is 122 Å². The molecule has 0 aliphatic carbocycles. The number of nitro groups is 1. The van der Waals surface area contributed by atoms with Gasteiger partial charge in [0.25, 0.3) is 0 Å². The van der Waals surface area contributed by atoms with Crippen LogP contribution < -0.4 is 5.32 Å². The van der Waals surface area contributed by atoms with Crippen LogP contribution in [0.1, 0.15) is 18.1 Å². The van der Waals surface area contributed by atoms with Crippen LogP contribution >= 0.6 is 0 Å². The van der Waals surface area contributed by atoms with Crippen molar-refractivity contribution in [2.45, 2.75) is 19.4 Å². The van der Waals surface area contributed by atoms with Gasteiger partial charge >= 0.3 is 5.69 Å². The minimum Gasteiger partial charge on any atom is -0.362 e. The first-order valence-corrected chi connectivity index (χ1v) is 6.45. The third kappa shape index (κ3) is 3.54. The zero-order valence-electron chi connectivity index (χ0n) is 11.5. The summed E-state index contributed by atoms with van der Waals surface area (Å²) in [5, 5.41) is 23.1. The molecule has 0 bridgehead atoms. The highest BCUT2D eigenvalue weighted by atomic mass is 16.6. The first kappa shape index (κ1) is 14.5. The van der Waals surface area contributed by atoms with Crippen LogP contribution in [-0.2, 0) is 6.42 Å². The molecule has 0 fully saturated rings. The molecule has 1 atom stereocenters. The molecule has 2 rings (SSSR count). The maximum Gasteiger partial charge on any atom is 0.328 e. The van der Waals surface area contributed by atoms with E-state index in [4.69, 9.17) is 5.26 Å². The number of anilines is 1. The zero-order chi connectivity index (χ0) is 15.2. The average molecular weight is 282 g/mol. The van der Waals surface area contributed by atoms with Crippen LogP contribution in [0.15, 0.2) is 42.6 Å². The van der Waals surface area contributed by atoms with Crippen molar-refractivity contribution in [3.05, 3.63) is 63.8 Å². The third-order valence-electron chi connectivity index (χ3n) is 3.00. The number of nitrogens with zero attached hydrogens (tertiary/aromatic N) is 3. The van der Waals surface area contributed by atoms with Gasteiger partial charge in [-0.05, 0) is 25.0 Å². The number of nitriles is 1. The molecular weight excluding hydrogens is 268 g/mol. The minimum absolute atomic E-state index is 0.00408. The van der Waals surface area contributed by atoms with Gasteiger partial charge in [0.15, 0.2) is 0 Å². The maximum absolute atomic E-state index is 11.1. The van der Waals surface area contributed by atoms with Crippen molar-refractivity contribution in [3.8, 4) is 6.07 Å². The van der Waals surface area contributed by atoms with E-state index in [0.717, 1.165) is 5.56 Å². The van der Waals surface area contributed by atoms with E-state index in [2.05, 4.69) is 10.3 Å². The SMILES string of the molecule is CC(Cc1ccccc1)Nc1nccc(C#N)c1[N+](=O)[O-]. The third-order valence-corrected chi connectivity index (χ3v) is 3.00. The molecule has 0 saturated heterocycles. The molecule has 0 amide bonds. The molecule has 0 spiro atoms. The Hall–Kier alpha value is -2.94. The highest BCUT2D eigenvalue weighted by molar-refractivity contribution is 5.64. The molecule has 106 valence electrons. The van der Waals surface area contributed by atoms with Crippen LogP contribution in [0.2, 0.25) is 0 Å². The molecule has 2 aromatic rings. The van der Waals surface area contributed by atoms with Crippen LogP contribution in [0.4, 0.5) is 11.5 Å². The monoisotopic (exact) mass is 282 g/mol. The zero-order valence-corrected chi connectivity index (χ0v) is 11.5. The summed E-state index contributed by atoms with van der Waals surface area (Å²) in [6.45, 7) is 1.91. The molecule has 1 aromatic carbocycles. The summed E-state index contributed by atoms with van der Waals surface area (Å²) >= 11 is 0. The van der Waals surface area contributed by atoms with Gasteiger partial charge in [0.05, 0.1) is 4.92 Å². The summed E-state index contributed by atoms with van der Waals surface area (Å²) < 4.78 is 0. The second-order valence-corrected chi connectivity index (χ2v) is 4.66. The van der Waals surface area contributed by atoms with Crippen LogP contribution in [0.25, 0.3) is 0 Å². The normalized spacial score (nSPS) is 11.4. The highest BCUT2D eigenvalue weighted by Crippen LogP contribution is 2.26. The molecule has 6 nitrogen and oxygen atoms in total. The quantitative estimate of drug-likeness (QED) is 0.672. The fraction of sp³-hybridized carbons (Fsp3) is 0.200. The van der Waals surface area contributed by atoms with Crippen LogP contribution in [0, 0.1) is 21.4 Å². The van der Waals surface area contributed by atoms with Gasteiger partial charge in [0, 0.05) is 12.2 Å². The van der Waals surface area contributed by atoms with Crippen molar-refractivity contribution >= 4 is 11.5 Å². The number of hydrogen-bond donors (Lipinski definition) is 1. The highest BCUT2D eigenvalue weighted by Gasteiger charge is 2.22. The van der Waals surface area contributed by atoms with E-state index in [-0.39, 0.29) is 23.1 Å². The lowest BCUT2D eigenvalue weighted by Crippen LogP contribution is -2.20. The Morgan fingerprint density at radius 3 is 2.71 bits per heavy atom. The lowest BCUT2D eigenvalue weighted by atomic mass is 10.1. The van der Waals surface area contributed by atoms with Gasteiger partial charge in [0.1, 0.15) is 11.6 Å². The summed E-state index contributed by atoms with van der Waals surface area (Å²) in [4.78, 5) is 14.5. The van der Waals surface area contributed by atoms with Crippen LogP contribution in [0.3, 0.4) is 0 Å². The molecule has 21 heavy (non-hydrogen) atoms. The number of aromatic nitrogens is 1. The van der Waals surface area contributed by atoms with Gasteiger partial charge < -0.3 is 5.32 Å². The van der Waals surface area contributed by atoms with Crippen molar-refractivity contribution in [3.63, 3.8) is 0 Å². The summed E-state index contributed by atoms with van der Waals surface area (Å²) in [6.07, 6.45) is 2.10. The van der Waals surface area contributed by atoms with E-state index in [0.29, 0.717) is 6.42 Å². The molecule has 1 N–H and O–H groups in total. The first-order chi connectivity index (χ1) is 10.1. The summed E-state index contributed by atoms with van der Waals surface area (Å²) in [6, 6.07) is 12.9. The Morgan fingerprint density at radius 2 is 2.10 bits per heavy atom. The van der Waals surface area contributed by atoms with Crippen LogP contribution in [-0.4, -0.2) is 15.9 Å². The number of pyridine rings is 1. The van der Waals surface area contributed by atoms with Gasteiger partial charge in [0.2, 0.25) is 5.82 Å². The molecule has 0 saturated carbocycles. The smallest absolute Gasteiger partial charge is 0.328 e. The number of hydrogen-bond acceptors (Lipinski definition) is 5. The maximum atomic E-state index is 11.1. The molecule has 0 radical (unpaired) electrons. The van der Waals surface area contributed by atoms with Gasteiger partial charge in [-0.1, -0.05) is 30.3 Å². The van der Waals surface area contributed by atoms with Crippen LogP contribution in [0.5, 0.6) is 0 Å². The van der Waals surface area contributed by atoms with Gasteiger partial charge in [-0.15, -0.1) is 0 Å².